The van der Waals surface area contributed by atoms with Gasteiger partial charge in [0, 0.05) is 18.1 Å². The molecule has 1 atom stereocenters. The fourth-order valence-corrected chi connectivity index (χ4v) is 3.57. The maximum absolute atomic E-state index is 12.6. The van der Waals surface area contributed by atoms with Crippen molar-refractivity contribution in [1.29, 1.82) is 0 Å². The van der Waals surface area contributed by atoms with E-state index < -0.39 is 6.04 Å². The predicted octanol–water partition coefficient (Wildman–Crippen LogP) is 2.94. The van der Waals surface area contributed by atoms with Crippen molar-refractivity contribution < 1.29 is 9.53 Å². The first kappa shape index (κ1) is 16.7. The molecule has 7 nitrogen and oxygen atoms in total. The summed E-state index contributed by atoms with van der Waals surface area (Å²) in [4.78, 5) is 29.1. The van der Waals surface area contributed by atoms with E-state index in [1.54, 1.807) is 20.1 Å². The van der Waals surface area contributed by atoms with E-state index in [1.807, 2.05) is 18.2 Å². The minimum absolute atomic E-state index is 0.286. The second-order valence-corrected chi connectivity index (χ2v) is 7.36. The number of anilines is 1. The third kappa shape index (κ3) is 3.20. The average molecular weight is 370 g/mol. The largest absolute Gasteiger partial charge is 0.497 e. The number of nitrogens with one attached hydrogen (secondary N) is 1. The molecule has 26 heavy (non-hydrogen) atoms. The summed E-state index contributed by atoms with van der Waals surface area (Å²) < 4.78 is 7.38. The Hall–Kier alpha value is -2.74. The highest BCUT2D eigenvalue weighted by molar-refractivity contribution is 7.22. The Labute approximate surface area is 153 Å². The molecule has 0 radical (unpaired) electrons. The number of hydrogen-bond donors (Lipinski definition) is 1. The van der Waals surface area contributed by atoms with E-state index in [9.17, 15) is 9.59 Å². The summed E-state index contributed by atoms with van der Waals surface area (Å²) in [7, 11) is 1.60. The van der Waals surface area contributed by atoms with Gasteiger partial charge in [-0.25, -0.2) is 9.67 Å². The highest BCUT2D eigenvalue weighted by Crippen LogP contribution is 2.38. The van der Waals surface area contributed by atoms with Crippen LogP contribution in [0.1, 0.15) is 37.4 Å². The lowest BCUT2D eigenvalue weighted by molar-refractivity contribution is -0.119. The molecule has 1 aliphatic rings. The van der Waals surface area contributed by atoms with Crippen molar-refractivity contribution in [3.63, 3.8) is 0 Å². The van der Waals surface area contributed by atoms with E-state index in [4.69, 9.17) is 4.74 Å². The monoisotopic (exact) mass is 370 g/mol. The van der Waals surface area contributed by atoms with Crippen LogP contribution in [0.15, 0.2) is 35.1 Å². The quantitative estimate of drug-likeness (QED) is 0.746. The lowest BCUT2D eigenvalue weighted by Gasteiger charge is -2.13. The zero-order chi connectivity index (χ0) is 18.3. The van der Waals surface area contributed by atoms with Gasteiger partial charge in [-0.15, -0.1) is 0 Å². The van der Waals surface area contributed by atoms with Crippen LogP contribution in [-0.4, -0.2) is 27.8 Å². The normalized spacial score (nSPS) is 15.0. The third-order valence-corrected chi connectivity index (χ3v) is 5.36. The Bertz CT molecular complexity index is 1040. The Balaban J connectivity index is 1.56. The van der Waals surface area contributed by atoms with Crippen molar-refractivity contribution in [2.24, 2.45) is 0 Å². The number of aromatic nitrogens is 3. The summed E-state index contributed by atoms with van der Waals surface area (Å²) in [5.41, 5.74) is 1.34. The van der Waals surface area contributed by atoms with Crippen LogP contribution in [0, 0.1) is 0 Å². The van der Waals surface area contributed by atoms with E-state index >= 15 is 0 Å². The van der Waals surface area contributed by atoms with Gasteiger partial charge in [-0.3, -0.25) is 9.59 Å². The fraction of sp³-hybridized carbons (Fsp3) is 0.333. The molecule has 4 rings (SSSR count). The van der Waals surface area contributed by atoms with Gasteiger partial charge in [-0.05, 0) is 38.0 Å². The molecule has 0 spiro atoms. The molecule has 0 aliphatic heterocycles. The van der Waals surface area contributed by atoms with Crippen molar-refractivity contribution >= 4 is 32.6 Å². The summed E-state index contributed by atoms with van der Waals surface area (Å²) in [6, 6.07) is 8.08. The Morgan fingerprint density at radius 2 is 2.15 bits per heavy atom. The molecule has 0 bridgehead atoms. The van der Waals surface area contributed by atoms with Crippen molar-refractivity contribution in [2.45, 2.75) is 31.7 Å². The van der Waals surface area contributed by atoms with Gasteiger partial charge in [0.05, 0.1) is 23.0 Å². The molecule has 0 saturated heterocycles. The van der Waals surface area contributed by atoms with Gasteiger partial charge < -0.3 is 10.1 Å². The molecule has 1 fully saturated rings. The molecule has 1 aromatic carbocycles. The van der Waals surface area contributed by atoms with Crippen molar-refractivity contribution in [2.75, 3.05) is 12.4 Å². The van der Waals surface area contributed by atoms with Crippen LogP contribution in [0.3, 0.4) is 0 Å². The van der Waals surface area contributed by atoms with Crippen LogP contribution in [-0.2, 0) is 4.79 Å². The van der Waals surface area contributed by atoms with Crippen LogP contribution in [0.4, 0.5) is 5.13 Å². The summed E-state index contributed by atoms with van der Waals surface area (Å²) in [5, 5.41) is 7.64. The number of benzene rings is 1. The molecule has 1 saturated carbocycles. The first-order valence-electron chi connectivity index (χ1n) is 8.40. The number of amides is 1. The number of nitrogens with zero attached hydrogens (tertiary/aromatic N) is 3. The van der Waals surface area contributed by atoms with Crippen LogP contribution < -0.4 is 15.6 Å². The SMILES string of the molecule is COc1ccc2sc(NC(=O)C(C)n3nc(C4CC4)ccc3=O)nc2c1. The molecule has 3 aromatic rings. The highest BCUT2D eigenvalue weighted by atomic mass is 32.1. The van der Waals surface area contributed by atoms with Gasteiger partial charge in [0.2, 0.25) is 0 Å². The average Bonchev–Trinajstić information content (AvgIpc) is 3.41. The number of fused-ring (bicyclic) bond motifs is 1. The van der Waals surface area contributed by atoms with E-state index in [0.717, 1.165) is 28.8 Å². The van der Waals surface area contributed by atoms with Gasteiger partial charge in [-0.2, -0.15) is 5.10 Å². The lowest BCUT2D eigenvalue weighted by atomic mass is 10.2. The van der Waals surface area contributed by atoms with Gasteiger partial charge in [0.25, 0.3) is 11.5 Å². The molecular weight excluding hydrogens is 352 g/mol. The van der Waals surface area contributed by atoms with Crippen LogP contribution in [0.25, 0.3) is 10.2 Å². The van der Waals surface area contributed by atoms with Crippen LogP contribution in [0.5, 0.6) is 5.75 Å². The number of carbonyl (C=O) groups excluding carboxylic acids is 1. The minimum atomic E-state index is -0.720. The van der Waals surface area contributed by atoms with Gasteiger partial charge in [0.1, 0.15) is 11.8 Å². The molecule has 1 unspecified atom stereocenters. The molecule has 1 N–H and O–H groups in total. The van der Waals surface area contributed by atoms with E-state index in [2.05, 4.69) is 15.4 Å². The minimum Gasteiger partial charge on any atom is -0.497 e. The summed E-state index contributed by atoms with van der Waals surface area (Å²) in [6.45, 7) is 1.66. The number of methoxy groups -OCH3 is 1. The van der Waals surface area contributed by atoms with Crippen LogP contribution >= 0.6 is 11.3 Å². The lowest BCUT2D eigenvalue weighted by Crippen LogP contribution is -2.33. The van der Waals surface area contributed by atoms with Crippen molar-refractivity contribution in [3.05, 3.63) is 46.4 Å². The molecule has 1 amide bonds. The molecular formula is C18H18N4O3S. The Morgan fingerprint density at radius 3 is 2.88 bits per heavy atom. The maximum Gasteiger partial charge on any atom is 0.267 e. The molecule has 2 aromatic heterocycles. The molecule has 134 valence electrons. The van der Waals surface area contributed by atoms with Crippen molar-refractivity contribution in [3.8, 4) is 5.75 Å². The number of carbonyl (C=O) groups is 1. The Morgan fingerprint density at radius 1 is 1.35 bits per heavy atom. The second kappa shape index (κ2) is 6.53. The standard InChI is InChI=1S/C18H18N4O3S/c1-10(22-16(23)8-6-13(21-22)11-3-4-11)17(24)20-18-19-14-9-12(25-2)5-7-15(14)26-18/h5-11H,3-4H2,1-2H3,(H,19,20,24). The van der Waals surface area contributed by atoms with Gasteiger partial charge >= 0.3 is 0 Å². The Kier molecular flexibility index (Phi) is 4.20. The zero-order valence-corrected chi connectivity index (χ0v) is 15.2. The first-order chi connectivity index (χ1) is 12.5. The smallest absolute Gasteiger partial charge is 0.267 e. The second-order valence-electron chi connectivity index (χ2n) is 6.33. The summed E-state index contributed by atoms with van der Waals surface area (Å²) >= 11 is 1.37. The third-order valence-electron chi connectivity index (χ3n) is 4.41. The molecule has 2 heterocycles. The van der Waals surface area contributed by atoms with E-state index in [1.165, 1.54) is 22.1 Å². The molecule has 8 heteroatoms. The molecule has 1 aliphatic carbocycles. The summed E-state index contributed by atoms with van der Waals surface area (Å²) in [6.07, 6.45) is 2.17. The van der Waals surface area contributed by atoms with E-state index in [-0.39, 0.29) is 11.5 Å². The van der Waals surface area contributed by atoms with Gasteiger partial charge in [0.15, 0.2) is 5.13 Å². The maximum atomic E-state index is 12.6. The number of hydrogen-bond acceptors (Lipinski definition) is 6. The fourth-order valence-electron chi connectivity index (χ4n) is 2.72. The zero-order valence-electron chi connectivity index (χ0n) is 14.4. The first-order valence-corrected chi connectivity index (χ1v) is 9.22. The predicted molar refractivity (Wildman–Crippen MR) is 100.0 cm³/mol. The highest BCUT2D eigenvalue weighted by Gasteiger charge is 2.27. The van der Waals surface area contributed by atoms with E-state index in [0.29, 0.717) is 16.8 Å². The number of thiazole rings is 1. The van der Waals surface area contributed by atoms with Gasteiger partial charge in [-0.1, -0.05) is 11.3 Å². The van der Waals surface area contributed by atoms with Crippen LogP contribution in [0.2, 0.25) is 0 Å². The topological polar surface area (TPSA) is 86.1 Å². The number of ether oxygens (including phenoxy) is 1. The summed E-state index contributed by atoms with van der Waals surface area (Å²) in [5.74, 6) is 0.802. The number of rotatable bonds is 5. The van der Waals surface area contributed by atoms with Crippen molar-refractivity contribution in [1.82, 2.24) is 14.8 Å².